The van der Waals surface area contributed by atoms with Crippen LogP contribution in [0.3, 0.4) is 0 Å². The summed E-state index contributed by atoms with van der Waals surface area (Å²) in [6, 6.07) is 1.79. The molecule has 4 heteroatoms. The van der Waals surface area contributed by atoms with E-state index in [1.807, 2.05) is 19.2 Å². The van der Waals surface area contributed by atoms with Crippen LogP contribution in [0.25, 0.3) is 5.57 Å². The zero-order valence-corrected chi connectivity index (χ0v) is 9.58. The Balaban J connectivity index is 3.13. The van der Waals surface area contributed by atoms with Crippen molar-refractivity contribution in [2.45, 2.75) is 20.3 Å². The van der Waals surface area contributed by atoms with Crippen molar-refractivity contribution in [2.24, 2.45) is 0 Å². The third-order valence-corrected chi connectivity index (χ3v) is 3.16. The van der Waals surface area contributed by atoms with Crippen LogP contribution in [-0.4, -0.2) is 11.1 Å². The van der Waals surface area contributed by atoms with Gasteiger partial charge in [-0.05, 0) is 35.9 Å². The predicted molar refractivity (Wildman–Crippen MR) is 59.8 cm³/mol. The van der Waals surface area contributed by atoms with E-state index in [1.165, 1.54) is 11.3 Å². The molecule has 0 unspecified atom stereocenters. The zero-order chi connectivity index (χ0) is 10.7. The number of thiophene rings is 1. The minimum atomic E-state index is -0.854. The van der Waals surface area contributed by atoms with E-state index < -0.39 is 5.97 Å². The normalized spacial score (nSPS) is 12.5. The monoisotopic (exact) mass is 230 g/mol. The van der Waals surface area contributed by atoms with Gasteiger partial charge in [-0.15, -0.1) is 11.3 Å². The van der Waals surface area contributed by atoms with E-state index in [2.05, 4.69) is 0 Å². The molecule has 0 aliphatic carbocycles. The molecule has 14 heavy (non-hydrogen) atoms. The van der Waals surface area contributed by atoms with Crippen LogP contribution < -0.4 is 0 Å². The zero-order valence-electron chi connectivity index (χ0n) is 8.00. The molecular formula is C10H11ClO2S. The van der Waals surface area contributed by atoms with Crippen LogP contribution in [0.15, 0.2) is 17.0 Å². The van der Waals surface area contributed by atoms with Gasteiger partial charge in [-0.1, -0.05) is 18.5 Å². The number of hydrogen-bond acceptors (Lipinski definition) is 2. The molecule has 0 bridgehead atoms. The summed E-state index contributed by atoms with van der Waals surface area (Å²) in [6.07, 6.45) is 0.522. The molecule has 0 aliphatic rings. The summed E-state index contributed by atoms with van der Waals surface area (Å²) in [7, 11) is 0. The lowest BCUT2D eigenvalue weighted by Gasteiger charge is -2.03. The van der Waals surface area contributed by atoms with Gasteiger partial charge in [-0.2, -0.15) is 0 Å². The molecule has 2 nitrogen and oxygen atoms in total. The minimum absolute atomic E-state index is 0.444. The number of carboxylic acid groups (broad SMARTS) is 1. The number of rotatable bonds is 3. The van der Waals surface area contributed by atoms with E-state index in [-0.39, 0.29) is 0 Å². The van der Waals surface area contributed by atoms with Gasteiger partial charge in [0, 0.05) is 5.57 Å². The average Bonchev–Trinajstić information content (AvgIpc) is 2.52. The first-order valence-corrected chi connectivity index (χ1v) is 5.49. The lowest BCUT2D eigenvalue weighted by atomic mass is 10.0. The molecule has 1 aromatic rings. The molecule has 0 atom stereocenters. The molecule has 0 saturated heterocycles. The van der Waals surface area contributed by atoms with Gasteiger partial charge in [-0.25, -0.2) is 4.79 Å². The fourth-order valence-corrected chi connectivity index (χ4v) is 2.19. The Hall–Kier alpha value is -0.800. The Labute approximate surface area is 91.8 Å². The van der Waals surface area contributed by atoms with Crippen molar-refractivity contribution >= 4 is 34.5 Å². The number of aliphatic carboxylic acids is 1. The lowest BCUT2D eigenvalue weighted by molar-refractivity contribution is -0.132. The summed E-state index contributed by atoms with van der Waals surface area (Å²) in [5.74, 6) is -0.854. The number of hydrogen-bond donors (Lipinski definition) is 1. The van der Waals surface area contributed by atoms with E-state index in [4.69, 9.17) is 16.7 Å². The second-order valence-electron chi connectivity index (χ2n) is 2.90. The highest BCUT2D eigenvalue weighted by Crippen LogP contribution is 2.28. The number of carbonyl (C=O) groups is 1. The first-order chi connectivity index (χ1) is 6.56. The lowest BCUT2D eigenvalue weighted by Crippen LogP contribution is -2.01. The molecule has 0 amide bonds. The smallest absolute Gasteiger partial charge is 0.331 e. The van der Waals surface area contributed by atoms with Crippen molar-refractivity contribution in [3.8, 4) is 0 Å². The first-order valence-electron chi connectivity index (χ1n) is 4.23. The summed E-state index contributed by atoms with van der Waals surface area (Å²) in [6.45, 7) is 3.65. The van der Waals surface area contributed by atoms with Crippen LogP contribution in [0.5, 0.6) is 0 Å². The van der Waals surface area contributed by atoms with Gasteiger partial charge in [-0.3, -0.25) is 0 Å². The number of halogens is 1. The SMILES string of the molecule is CC/C(C(=O)O)=C(\C)c1csc(Cl)c1. The van der Waals surface area contributed by atoms with Crippen molar-refractivity contribution in [1.29, 1.82) is 0 Å². The van der Waals surface area contributed by atoms with Gasteiger partial charge < -0.3 is 5.11 Å². The van der Waals surface area contributed by atoms with E-state index in [1.54, 1.807) is 6.07 Å². The summed E-state index contributed by atoms with van der Waals surface area (Å²) in [5, 5.41) is 10.8. The second kappa shape index (κ2) is 4.62. The Morgan fingerprint density at radius 2 is 2.29 bits per heavy atom. The second-order valence-corrected chi connectivity index (χ2v) is 4.44. The van der Waals surface area contributed by atoms with E-state index in [0.29, 0.717) is 16.3 Å². The van der Waals surface area contributed by atoms with Crippen LogP contribution in [0.2, 0.25) is 4.34 Å². The number of allylic oxidation sites excluding steroid dienone is 1. The molecule has 1 N–H and O–H groups in total. The molecule has 0 aliphatic heterocycles. The van der Waals surface area contributed by atoms with Gasteiger partial charge >= 0.3 is 5.97 Å². The summed E-state index contributed by atoms with van der Waals surface area (Å²) < 4.78 is 0.681. The van der Waals surface area contributed by atoms with Gasteiger partial charge in [0.05, 0.1) is 4.34 Å². The van der Waals surface area contributed by atoms with Gasteiger partial charge in [0.15, 0.2) is 0 Å². The quantitative estimate of drug-likeness (QED) is 0.805. The van der Waals surface area contributed by atoms with Crippen LogP contribution in [0.1, 0.15) is 25.8 Å². The Morgan fingerprint density at radius 3 is 2.64 bits per heavy atom. The predicted octanol–water partition coefficient (Wildman–Crippen LogP) is 3.67. The van der Waals surface area contributed by atoms with Crippen LogP contribution in [0, 0.1) is 0 Å². The molecule has 0 aromatic carbocycles. The highest BCUT2D eigenvalue weighted by atomic mass is 35.5. The van der Waals surface area contributed by atoms with Crippen molar-refractivity contribution < 1.29 is 9.90 Å². The third-order valence-electron chi connectivity index (χ3n) is 2.06. The molecule has 1 rings (SSSR count). The van der Waals surface area contributed by atoms with E-state index in [9.17, 15) is 4.79 Å². The van der Waals surface area contributed by atoms with Crippen molar-refractivity contribution in [3.05, 3.63) is 26.9 Å². The van der Waals surface area contributed by atoms with Crippen molar-refractivity contribution in [3.63, 3.8) is 0 Å². The summed E-state index contributed by atoms with van der Waals surface area (Å²) in [5.41, 5.74) is 2.14. The molecule has 76 valence electrons. The maximum atomic E-state index is 10.9. The Morgan fingerprint density at radius 1 is 1.64 bits per heavy atom. The Kier molecular flexibility index (Phi) is 3.72. The molecule has 0 spiro atoms. The van der Waals surface area contributed by atoms with Gasteiger partial charge in [0.1, 0.15) is 0 Å². The standard InChI is InChI=1S/C10H11ClO2S/c1-3-8(10(12)13)6(2)7-4-9(11)14-5-7/h4-5H,3H2,1-2H3,(H,12,13)/b8-6-. The fourth-order valence-electron chi connectivity index (χ4n) is 1.26. The van der Waals surface area contributed by atoms with Crippen LogP contribution in [0.4, 0.5) is 0 Å². The molecule has 0 radical (unpaired) electrons. The third kappa shape index (κ3) is 2.36. The molecule has 1 heterocycles. The highest BCUT2D eigenvalue weighted by molar-refractivity contribution is 7.14. The van der Waals surface area contributed by atoms with Crippen molar-refractivity contribution in [1.82, 2.24) is 0 Å². The molecule has 0 fully saturated rings. The van der Waals surface area contributed by atoms with Gasteiger partial charge in [0.25, 0.3) is 0 Å². The largest absolute Gasteiger partial charge is 0.478 e. The summed E-state index contributed by atoms with van der Waals surface area (Å²) >= 11 is 7.19. The van der Waals surface area contributed by atoms with Crippen LogP contribution >= 0.6 is 22.9 Å². The highest BCUT2D eigenvalue weighted by Gasteiger charge is 2.11. The molecule has 1 aromatic heterocycles. The molecular weight excluding hydrogens is 220 g/mol. The van der Waals surface area contributed by atoms with Crippen LogP contribution in [-0.2, 0) is 4.79 Å². The van der Waals surface area contributed by atoms with Crippen molar-refractivity contribution in [2.75, 3.05) is 0 Å². The maximum Gasteiger partial charge on any atom is 0.331 e. The average molecular weight is 231 g/mol. The maximum absolute atomic E-state index is 10.9. The fraction of sp³-hybridized carbons (Fsp3) is 0.300. The Bertz CT molecular complexity index is 379. The summed E-state index contributed by atoms with van der Waals surface area (Å²) in [4.78, 5) is 10.9. The van der Waals surface area contributed by atoms with E-state index >= 15 is 0 Å². The minimum Gasteiger partial charge on any atom is -0.478 e. The topological polar surface area (TPSA) is 37.3 Å². The number of carboxylic acids is 1. The van der Waals surface area contributed by atoms with E-state index in [0.717, 1.165) is 11.1 Å². The van der Waals surface area contributed by atoms with Gasteiger partial charge in [0.2, 0.25) is 0 Å². The first kappa shape index (κ1) is 11.3. The molecule has 0 saturated carbocycles.